The number of nitrogens with zero attached hydrogens (tertiary/aromatic N) is 2. The third kappa shape index (κ3) is 2.88. The van der Waals surface area contributed by atoms with Crippen LogP contribution in [0.4, 0.5) is 0 Å². The number of hydrogen-bond acceptors (Lipinski definition) is 3. The predicted molar refractivity (Wildman–Crippen MR) is 89.4 cm³/mol. The van der Waals surface area contributed by atoms with Gasteiger partial charge >= 0.3 is 0 Å². The molecule has 2 aromatic heterocycles. The SMILES string of the molecule is O=C(CSc1ncc2ccccn12)c1ccc(I)cc1. The summed E-state index contributed by atoms with van der Waals surface area (Å²) in [5, 5.41) is 0.847. The van der Waals surface area contributed by atoms with Gasteiger partial charge in [-0.1, -0.05) is 30.0 Å². The van der Waals surface area contributed by atoms with E-state index in [1.807, 2.05) is 59.3 Å². The molecule has 0 fully saturated rings. The summed E-state index contributed by atoms with van der Waals surface area (Å²) in [6, 6.07) is 13.6. The van der Waals surface area contributed by atoms with E-state index in [1.165, 1.54) is 11.8 Å². The van der Waals surface area contributed by atoms with Crippen LogP contribution in [0.15, 0.2) is 60.0 Å². The molecule has 5 heteroatoms. The van der Waals surface area contributed by atoms with Crippen molar-refractivity contribution < 1.29 is 4.79 Å². The number of ketones is 1. The molecule has 0 spiro atoms. The molecule has 1 aromatic carbocycles. The van der Waals surface area contributed by atoms with Gasteiger partial charge in [0.1, 0.15) is 0 Å². The van der Waals surface area contributed by atoms with Gasteiger partial charge in [-0.2, -0.15) is 0 Å². The highest BCUT2D eigenvalue weighted by molar-refractivity contribution is 14.1. The maximum absolute atomic E-state index is 12.1. The molecule has 2 heterocycles. The zero-order valence-corrected chi connectivity index (χ0v) is 13.5. The average molecular weight is 394 g/mol. The summed E-state index contributed by atoms with van der Waals surface area (Å²) in [5.41, 5.74) is 1.79. The first-order valence-electron chi connectivity index (χ1n) is 6.08. The fraction of sp³-hybridized carbons (Fsp3) is 0.0667. The highest BCUT2D eigenvalue weighted by Crippen LogP contribution is 2.19. The summed E-state index contributed by atoms with van der Waals surface area (Å²) in [6.07, 6.45) is 3.78. The van der Waals surface area contributed by atoms with Crippen molar-refractivity contribution in [3.05, 3.63) is 64.0 Å². The van der Waals surface area contributed by atoms with Gasteiger partial charge in [0.25, 0.3) is 0 Å². The average Bonchev–Trinajstić information content (AvgIpc) is 2.89. The Morgan fingerprint density at radius 2 is 2.00 bits per heavy atom. The Bertz CT molecular complexity index is 752. The summed E-state index contributed by atoms with van der Waals surface area (Å²) in [6.45, 7) is 0. The standard InChI is InChI=1S/C15H11IN2OS/c16-12-6-4-11(5-7-12)14(19)10-20-15-17-9-13-3-1-2-8-18(13)15/h1-9H,10H2. The molecular weight excluding hydrogens is 383 g/mol. The van der Waals surface area contributed by atoms with Crippen molar-refractivity contribution in [1.29, 1.82) is 0 Å². The van der Waals surface area contributed by atoms with Crippen LogP contribution >= 0.6 is 34.4 Å². The molecule has 0 atom stereocenters. The molecule has 20 heavy (non-hydrogen) atoms. The summed E-state index contributed by atoms with van der Waals surface area (Å²) < 4.78 is 3.12. The van der Waals surface area contributed by atoms with Gasteiger partial charge < -0.3 is 0 Å². The molecule has 0 bridgehead atoms. The van der Waals surface area contributed by atoms with E-state index in [0.717, 1.165) is 19.8 Å². The van der Waals surface area contributed by atoms with Crippen LogP contribution in [0.3, 0.4) is 0 Å². The molecule has 0 radical (unpaired) electrons. The molecule has 0 aliphatic heterocycles. The number of hydrogen-bond donors (Lipinski definition) is 0. The van der Waals surface area contributed by atoms with Crippen LogP contribution in [0.2, 0.25) is 0 Å². The maximum Gasteiger partial charge on any atom is 0.173 e. The number of carbonyl (C=O) groups excluding carboxylic acids is 1. The van der Waals surface area contributed by atoms with Crippen LogP contribution < -0.4 is 0 Å². The van der Waals surface area contributed by atoms with Gasteiger partial charge in [0.2, 0.25) is 0 Å². The summed E-state index contributed by atoms with van der Waals surface area (Å²) in [4.78, 5) is 16.5. The van der Waals surface area contributed by atoms with Crippen LogP contribution in [-0.4, -0.2) is 20.9 Å². The second-order valence-electron chi connectivity index (χ2n) is 4.26. The van der Waals surface area contributed by atoms with E-state index in [-0.39, 0.29) is 5.78 Å². The fourth-order valence-corrected chi connectivity index (χ4v) is 3.09. The number of pyridine rings is 1. The van der Waals surface area contributed by atoms with Crippen LogP contribution in [0, 0.1) is 3.57 Å². The first-order valence-corrected chi connectivity index (χ1v) is 8.14. The molecule has 0 aliphatic carbocycles. The van der Waals surface area contributed by atoms with E-state index in [9.17, 15) is 4.79 Å². The predicted octanol–water partition coefficient (Wildman–Crippen LogP) is 3.91. The van der Waals surface area contributed by atoms with Gasteiger partial charge in [-0.25, -0.2) is 4.98 Å². The lowest BCUT2D eigenvalue weighted by atomic mass is 10.2. The van der Waals surface area contributed by atoms with Crippen molar-refractivity contribution in [3.8, 4) is 0 Å². The number of rotatable bonds is 4. The number of benzene rings is 1. The number of carbonyl (C=O) groups is 1. The van der Waals surface area contributed by atoms with Crippen molar-refractivity contribution in [1.82, 2.24) is 9.38 Å². The molecule has 0 unspecified atom stereocenters. The van der Waals surface area contributed by atoms with E-state index in [1.54, 1.807) is 0 Å². The smallest absolute Gasteiger partial charge is 0.173 e. The Hall–Kier alpha value is -1.34. The van der Waals surface area contributed by atoms with E-state index in [2.05, 4.69) is 27.6 Å². The number of thioether (sulfide) groups is 1. The van der Waals surface area contributed by atoms with E-state index in [0.29, 0.717) is 5.75 Å². The molecule has 0 saturated heterocycles. The van der Waals surface area contributed by atoms with Crippen LogP contribution in [-0.2, 0) is 0 Å². The first kappa shape index (κ1) is 13.6. The van der Waals surface area contributed by atoms with Gasteiger partial charge in [0.15, 0.2) is 10.9 Å². The fourth-order valence-electron chi connectivity index (χ4n) is 1.88. The zero-order valence-electron chi connectivity index (χ0n) is 10.5. The van der Waals surface area contributed by atoms with Gasteiger partial charge in [0.05, 0.1) is 17.5 Å². The van der Waals surface area contributed by atoms with Crippen molar-refractivity contribution in [2.45, 2.75) is 5.16 Å². The highest BCUT2D eigenvalue weighted by atomic mass is 127. The first-order chi connectivity index (χ1) is 9.74. The Balaban J connectivity index is 1.73. The Morgan fingerprint density at radius 3 is 2.80 bits per heavy atom. The molecule has 3 aromatic rings. The second kappa shape index (κ2) is 5.97. The lowest BCUT2D eigenvalue weighted by Crippen LogP contribution is -2.03. The van der Waals surface area contributed by atoms with Crippen LogP contribution in [0.25, 0.3) is 5.52 Å². The minimum Gasteiger partial charge on any atom is -0.295 e. The number of halogens is 1. The summed E-state index contributed by atoms with van der Waals surface area (Å²) in [5.74, 6) is 0.522. The summed E-state index contributed by atoms with van der Waals surface area (Å²) in [7, 11) is 0. The van der Waals surface area contributed by atoms with Gasteiger partial charge in [-0.15, -0.1) is 0 Å². The third-order valence-corrected chi connectivity index (χ3v) is 4.59. The van der Waals surface area contributed by atoms with Gasteiger partial charge in [-0.05, 0) is 46.9 Å². The van der Waals surface area contributed by atoms with Crippen LogP contribution in [0.5, 0.6) is 0 Å². The lowest BCUT2D eigenvalue weighted by molar-refractivity contribution is 0.102. The van der Waals surface area contributed by atoms with E-state index in [4.69, 9.17) is 0 Å². The lowest BCUT2D eigenvalue weighted by Gasteiger charge is -2.02. The maximum atomic E-state index is 12.1. The van der Waals surface area contributed by atoms with Crippen molar-refractivity contribution >= 4 is 45.7 Å². The molecule has 3 rings (SSSR count). The van der Waals surface area contributed by atoms with Gasteiger partial charge in [-0.3, -0.25) is 9.20 Å². The third-order valence-electron chi connectivity index (χ3n) is 2.90. The molecule has 0 amide bonds. The molecule has 100 valence electrons. The molecular formula is C15H11IN2OS. The Labute approximate surface area is 134 Å². The topological polar surface area (TPSA) is 34.4 Å². The minimum absolute atomic E-state index is 0.124. The molecule has 0 saturated carbocycles. The molecule has 3 nitrogen and oxygen atoms in total. The largest absolute Gasteiger partial charge is 0.295 e. The van der Waals surface area contributed by atoms with Crippen LogP contribution in [0.1, 0.15) is 10.4 Å². The second-order valence-corrected chi connectivity index (χ2v) is 6.44. The number of Topliss-reactive ketones (excluding diaryl/α,β-unsaturated/α-hetero) is 1. The normalized spacial score (nSPS) is 10.8. The Kier molecular flexibility index (Phi) is 4.07. The monoisotopic (exact) mass is 394 g/mol. The van der Waals surface area contributed by atoms with E-state index < -0.39 is 0 Å². The summed E-state index contributed by atoms with van der Waals surface area (Å²) >= 11 is 3.69. The number of fused-ring (bicyclic) bond motifs is 1. The Morgan fingerprint density at radius 1 is 1.20 bits per heavy atom. The van der Waals surface area contributed by atoms with Crippen molar-refractivity contribution in [3.63, 3.8) is 0 Å². The molecule has 0 aliphatic rings. The number of imidazole rings is 1. The van der Waals surface area contributed by atoms with Gasteiger partial charge in [0, 0.05) is 15.3 Å². The molecule has 0 N–H and O–H groups in total. The van der Waals surface area contributed by atoms with Crippen molar-refractivity contribution in [2.75, 3.05) is 5.75 Å². The van der Waals surface area contributed by atoms with Crippen molar-refractivity contribution in [2.24, 2.45) is 0 Å². The zero-order chi connectivity index (χ0) is 13.9. The van der Waals surface area contributed by atoms with E-state index >= 15 is 0 Å². The number of aromatic nitrogens is 2. The minimum atomic E-state index is 0.124. The highest BCUT2D eigenvalue weighted by Gasteiger charge is 2.09. The quantitative estimate of drug-likeness (QED) is 0.382.